The normalized spacial score (nSPS) is 9.83. The fraction of sp³-hybridized carbons (Fsp3) is 0.0714. The molecular weight excluding hydrogens is 267 g/mol. The Hall–Kier alpha value is -1.69. The summed E-state index contributed by atoms with van der Waals surface area (Å²) in [6.45, 7) is 0.670. The number of anilines is 1. The van der Waals surface area contributed by atoms with Gasteiger partial charge in [0.15, 0.2) is 0 Å². The van der Waals surface area contributed by atoms with Crippen molar-refractivity contribution in [3.8, 4) is 6.07 Å². The number of nitrogens with zero attached hydrogens (tertiary/aromatic N) is 1. The molecule has 0 aromatic heterocycles. The number of rotatable bonds is 3. The van der Waals surface area contributed by atoms with Gasteiger partial charge in [-0.25, -0.2) is 0 Å². The van der Waals surface area contributed by atoms with E-state index in [4.69, 9.17) is 28.5 Å². The first-order valence-electron chi connectivity index (χ1n) is 5.37. The van der Waals surface area contributed by atoms with Gasteiger partial charge in [-0.3, -0.25) is 0 Å². The molecule has 90 valence electrons. The average Bonchev–Trinajstić information content (AvgIpc) is 2.41. The van der Waals surface area contributed by atoms with Crippen LogP contribution in [0.25, 0.3) is 0 Å². The topological polar surface area (TPSA) is 35.8 Å². The van der Waals surface area contributed by atoms with Crippen LogP contribution >= 0.6 is 23.2 Å². The third-order valence-corrected chi connectivity index (χ3v) is 3.24. The average molecular weight is 277 g/mol. The minimum atomic E-state index is 0.529. The van der Waals surface area contributed by atoms with Crippen molar-refractivity contribution in [1.82, 2.24) is 0 Å². The quantitative estimate of drug-likeness (QED) is 0.898. The van der Waals surface area contributed by atoms with Crippen molar-refractivity contribution in [3.05, 3.63) is 63.6 Å². The van der Waals surface area contributed by atoms with Gasteiger partial charge in [0.2, 0.25) is 0 Å². The van der Waals surface area contributed by atoms with Gasteiger partial charge in [-0.15, -0.1) is 0 Å². The Kier molecular flexibility index (Phi) is 4.09. The molecule has 0 unspecified atom stereocenters. The third kappa shape index (κ3) is 3.16. The van der Waals surface area contributed by atoms with Gasteiger partial charge >= 0.3 is 0 Å². The molecule has 0 aliphatic carbocycles. The zero-order valence-electron chi connectivity index (χ0n) is 9.45. The molecule has 0 heterocycles. The van der Waals surface area contributed by atoms with Crippen LogP contribution in [0.3, 0.4) is 0 Å². The van der Waals surface area contributed by atoms with E-state index in [1.807, 2.05) is 18.2 Å². The number of nitriles is 1. The SMILES string of the molecule is N#Cc1ccc(CNc2ccc(Cl)c(Cl)c2)cc1. The highest BCUT2D eigenvalue weighted by atomic mass is 35.5. The highest BCUT2D eigenvalue weighted by molar-refractivity contribution is 6.42. The van der Waals surface area contributed by atoms with Crippen molar-refractivity contribution in [2.75, 3.05) is 5.32 Å². The molecular formula is C14H10Cl2N2. The van der Waals surface area contributed by atoms with Crippen LogP contribution in [-0.2, 0) is 6.54 Å². The molecule has 4 heteroatoms. The molecule has 2 nitrogen and oxygen atoms in total. The fourth-order valence-corrected chi connectivity index (χ4v) is 1.81. The monoisotopic (exact) mass is 276 g/mol. The molecule has 0 radical (unpaired) electrons. The maximum absolute atomic E-state index is 8.70. The first kappa shape index (κ1) is 12.8. The van der Waals surface area contributed by atoms with E-state index >= 15 is 0 Å². The summed E-state index contributed by atoms with van der Waals surface area (Å²) in [5.74, 6) is 0. The van der Waals surface area contributed by atoms with Gasteiger partial charge in [0.25, 0.3) is 0 Å². The number of hydrogen-bond acceptors (Lipinski definition) is 2. The summed E-state index contributed by atoms with van der Waals surface area (Å²) in [6, 6.07) is 14.9. The zero-order valence-corrected chi connectivity index (χ0v) is 11.0. The highest BCUT2D eigenvalue weighted by Gasteiger charge is 1.99. The lowest BCUT2D eigenvalue weighted by Crippen LogP contribution is -1.99. The van der Waals surface area contributed by atoms with Crippen LogP contribution in [0.5, 0.6) is 0 Å². The number of benzene rings is 2. The van der Waals surface area contributed by atoms with Crippen LogP contribution in [-0.4, -0.2) is 0 Å². The summed E-state index contributed by atoms with van der Waals surface area (Å²) in [6.07, 6.45) is 0. The number of hydrogen-bond donors (Lipinski definition) is 1. The minimum Gasteiger partial charge on any atom is -0.381 e. The number of halogens is 2. The standard InChI is InChI=1S/C14H10Cl2N2/c15-13-6-5-12(7-14(13)16)18-9-11-3-1-10(8-17)2-4-11/h1-7,18H,9H2. The Labute approximate surface area is 116 Å². The molecule has 2 aromatic rings. The van der Waals surface area contributed by atoms with Crippen molar-refractivity contribution < 1.29 is 0 Å². The van der Waals surface area contributed by atoms with E-state index in [0.717, 1.165) is 11.3 Å². The van der Waals surface area contributed by atoms with Gasteiger partial charge in [-0.2, -0.15) is 5.26 Å². The van der Waals surface area contributed by atoms with Gasteiger partial charge in [-0.05, 0) is 35.9 Å². The first-order valence-corrected chi connectivity index (χ1v) is 6.12. The van der Waals surface area contributed by atoms with Crippen molar-refractivity contribution in [2.24, 2.45) is 0 Å². The highest BCUT2D eigenvalue weighted by Crippen LogP contribution is 2.25. The van der Waals surface area contributed by atoms with Crippen LogP contribution in [0, 0.1) is 11.3 Å². The maximum atomic E-state index is 8.70. The van der Waals surface area contributed by atoms with Crippen molar-refractivity contribution in [3.63, 3.8) is 0 Å². The molecule has 0 atom stereocenters. The summed E-state index contributed by atoms with van der Waals surface area (Å²) < 4.78 is 0. The molecule has 0 fully saturated rings. The maximum Gasteiger partial charge on any atom is 0.0991 e. The molecule has 1 N–H and O–H groups in total. The molecule has 0 saturated carbocycles. The van der Waals surface area contributed by atoms with Gasteiger partial charge in [0, 0.05) is 12.2 Å². The molecule has 0 amide bonds. The second kappa shape index (κ2) is 5.77. The van der Waals surface area contributed by atoms with E-state index in [2.05, 4.69) is 11.4 Å². The molecule has 18 heavy (non-hydrogen) atoms. The second-order valence-electron chi connectivity index (χ2n) is 3.79. The Morgan fingerprint density at radius 1 is 1.00 bits per heavy atom. The minimum absolute atomic E-state index is 0.529. The second-order valence-corrected chi connectivity index (χ2v) is 4.61. The van der Waals surface area contributed by atoms with Gasteiger partial charge in [0.1, 0.15) is 0 Å². The molecule has 0 bridgehead atoms. The van der Waals surface area contributed by atoms with Crippen LogP contribution in [0.1, 0.15) is 11.1 Å². The molecule has 2 rings (SSSR count). The smallest absolute Gasteiger partial charge is 0.0991 e. The molecule has 2 aromatic carbocycles. The summed E-state index contributed by atoms with van der Waals surface area (Å²) in [5.41, 5.74) is 2.67. The summed E-state index contributed by atoms with van der Waals surface area (Å²) in [5, 5.41) is 13.0. The molecule has 0 aliphatic rings. The third-order valence-electron chi connectivity index (χ3n) is 2.50. The fourth-order valence-electron chi connectivity index (χ4n) is 1.51. The Morgan fingerprint density at radius 3 is 2.33 bits per heavy atom. The lowest BCUT2D eigenvalue weighted by molar-refractivity contribution is 1.15. The van der Waals surface area contributed by atoms with Crippen LogP contribution in [0.4, 0.5) is 5.69 Å². The van der Waals surface area contributed by atoms with E-state index in [-0.39, 0.29) is 0 Å². The largest absolute Gasteiger partial charge is 0.381 e. The van der Waals surface area contributed by atoms with Crippen LogP contribution in [0.2, 0.25) is 10.0 Å². The lowest BCUT2D eigenvalue weighted by atomic mass is 10.1. The summed E-state index contributed by atoms with van der Waals surface area (Å²) in [7, 11) is 0. The van der Waals surface area contributed by atoms with Crippen molar-refractivity contribution in [2.45, 2.75) is 6.54 Å². The van der Waals surface area contributed by atoms with Crippen molar-refractivity contribution >= 4 is 28.9 Å². The van der Waals surface area contributed by atoms with Crippen molar-refractivity contribution in [1.29, 1.82) is 5.26 Å². The summed E-state index contributed by atoms with van der Waals surface area (Å²) in [4.78, 5) is 0. The zero-order chi connectivity index (χ0) is 13.0. The summed E-state index contributed by atoms with van der Waals surface area (Å²) >= 11 is 11.8. The Bertz CT molecular complexity index is 586. The number of nitrogens with one attached hydrogen (secondary N) is 1. The van der Waals surface area contributed by atoms with Crippen LogP contribution < -0.4 is 5.32 Å². The van der Waals surface area contributed by atoms with Gasteiger partial charge in [-0.1, -0.05) is 35.3 Å². The molecule has 0 saturated heterocycles. The van der Waals surface area contributed by atoms with E-state index in [1.54, 1.807) is 24.3 Å². The lowest BCUT2D eigenvalue weighted by Gasteiger charge is -2.07. The van der Waals surface area contributed by atoms with Gasteiger partial charge < -0.3 is 5.32 Å². The van der Waals surface area contributed by atoms with E-state index in [1.165, 1.54) is 0 Å². The Balaban J connectivity index is 2.02. The molecule has 0 aliphatic heterocycles. The van der Waals surface area contributed by atoms with Crippen LogP contribution in [0.15, 0.2) is 42.5 Å². The van der Waals surface area contributed by atoms with E-state index < -0.39 is 0 Å². The predicted molar refractivity (Wildman–Crippen MR) is 74.9 cm³/mol. The van der Waals surface area contributed by atoms with E-state index in [9.17, 15) is 0 Å². The molecule has 0 spiro atoms. The van der Waals surface area contributed by atoms with E-state index in [0.29, 0.717) is 22.2 Å². The van der Waals surface area contributed by atoms with Gasteiger partial charge in [0.05, 0.1) is 21.7 Å². The Morgan fingerprint density at radius 2 is 1.72 bits per heavy atom. The first-order chi connectivity index (χ1) is 8.69. The predicted octanol–water partition coefficient (Wildman–Crippen LogP) is 4.48.